The van der Waals surface area contributed by atoms with Crippen molar-refractivity contribution in [2.45, 2.75) is 32.7 Å². The minimum Gasteiger partial charge on any atom is -0.492 e. The van der Waals surface area contributed by atoms with E-state index in [1.807, 2.05) is 25.3 Å². The van der Waals surface area contributed by atoms with E-state index in [-0.39, 0.29) is 17.9 Å². The van der Waals surface area contributed by atoms with Crippen molar-refractivity contribution < 1.29 is 9.53 Å². The van der Waals surface area contributed by atoms with Gasteiger partial charge < -0.3 is 15.4 Å². The molecule has 0 saturated carbocycles. The summed E-state index contributed by atoms with van der Waals surface area (Å²) in [5.74, 6) is 0.896. The molecule has 0 bridgehead atoms. The van der Waals surface area contributed by atoms with Crippen LogP contribution < -0.4 is 15.4 Å². The number of piperidine rings is 1. The predicted octanol–water partition coefficient (Wildman–Crippen LogP) is 2.07. The Bertz CT molecular complexity index is 713. The molecule has 1 saturated heterocycles. The molecule has 25 heavy (non-hydrogen) atoms. The highest BCUT2D eigenvalue weighted by Gasteiger charge is 2.26. The Morgan fingerprint density at radius 1 is 1.48 bits per heavy atom. The molecule has 0 aliphatic carbocycles. The molecular formula is C19H25N4O2. The van der Waals surface area contributed by atoms with Crippen LogP contribution >= 0.6 is 0 Å². The first-order valence-corrected chi connectivity index (χ1v) is 8.81. The van der Waals surface area contributed by atoms with Gasteiger partial charge in [0.25, 0.3) is 0 Å². The average Bonchev–Trinajstić information content (AvgIpc) is 3.05. The fraction of sp³-hybridized carbons (Fsp3) is 0.474. The molecule has 1 amide bonds. The minimum absolute atomic E-state index is 0.0504. The van der Waals surface area contributed by atoms with Crippen molar-refractivity contribution in [1.29, 1.82) is 0 Å². The Morgan fingerprint density at radius 2 is 2.36 bits per heavy atom. The van der Waals surface area contributed by atoms with Gasteiger partial charge in [0.1, 0.15) is 12.4 Å². The van der Waals surface area contributed by atoms with Crippen LogP contribution in [0.4, 0.5) is 0 Å². The van der Waals surface area contributed by atoms with Crippen molar-refractivity contribution in [1.82, 2.24) is 20.8 Å². The Labute approximate surface area is 148 Å². The number of amides is 1. The summed E-state index contributed by atoms with van der Waals surface area (Å²) in [6.45, 7) is 5.95. The number of hydrogen-bond donors (Lipinski definition) is 3. The molecule has 6 nitrogen and oxygen atoms in total. The van der Waals surface area contributed by atoms with Gasteiger partial charge in [-0.2, -0.15) is 5.10 Å². The number of nitrogens with one attached hydrogen (secondary N) is 3. The third kappa shape index (κ3) is 4.39. The van der Waals surface area contributed by atoms with E-state index in [9.17, 15) is 4.79 Å². The maximum Gasteiger partial charge on any atom is 0.224 e. The third-order valence-corrected chi connectivity index (χ3v) is 4.67. The van der Waals surface area contributed by atoms with Crippen LogP contribution in [-0.2, 0) is 4.79 Å². The number of aromatic nitrogens is 2. The van der Waals surface area contributed by atoms with Gasteiger partial charge >= 0.3 is 0 Å². The summed E-state index contributed by atoms with van der Waals surface area (Å²) in [6.07, 6.45) is 3.86. The molecule has 1 fully saturated rings. The smallest absolute Gasteiger partial charge is 0.224 e. The molecule has 2 heterocycles. The normalized spacial score (nSPS) is 20.2. The van der Waals surface area contributed by atoms with E-state index in [1.54, 1.807) is 6.07 Å². The lowest BCUT2D eigenvalue weighted by molar-refractivity contribution is -0.126. The molecule has 1 aromatic heterocycles. The number of hydrogen-bond acceptors (Lipinski definition) is 4. The van der Waals surface area contributed by atoms with Crippen LogP contribution in [0.3, 0.4) is 0 Å². The van der Waals surface area contributed by atoms with Crippen LogP contribution in [0.15, 0.2) is 24.4 Å². The van der Waals surface area contributed by atoms with Gasteiger partial charge in [-0.15, -0.1) is 0 Å². The summed E-state index contributed by atoms with van der Waals surface area (Å²) in [7, 11) is 0. The molecule has 2 aromatic rings. The number of carbonyl (C=O) groups excluding carboxylic acids is 1. The molecule has 1 aliphatic heterocycles. The lowest BCUT2D eigenvalue weighted by Crippen LogP contribution is -2.47. The molecule has 0 spiro atoms. The molecule has 2 atom stereocenters. The maximum atomic E-state index is 12.2. The first kappa shape index (κ1) is 17.5. The van der Waals surface area contributed by atoms with Crippen LogP contribution in [-0.4, -0.2) is 41.8 Å². The van der Waals surface area contributed by atoms with E-state index >= 15 is 0 Å². The van der Waals surface area contributed by atoms with E-state index < -0.39 is 0 Å². The van der Waals surface area contributed by atoms with Crippen LogP contribution in [0.5, 0.6) is 5.75 Å². The fourth-order valence-electron chi connectivity index (χ4n) is 3.22. The van der Waals surface area contributed by atoms with Gasteiger partial charge in [-0.05, 0) is 63.1 Å². The SMILES string of the molecule is Cc1n[nH]cc1-c1c[c]cc(OCCNC(=O)[C@@H]2CCCN[C@H]2C)c1. The number of benzene rings is 1. The number of aromatic amines is 1. The molecule has 0 unspecified atom stereocenters. The quantitative estimate of drug-likeness (QED) is 0.703. The van der Waals surface area contributed by atoms with E-state index in [4.69, 9.17) is 4.74 Å². The number of ether oxygens (including phenoxy) is 1. The van der Waals surface area contributed by atoms with Crippen molar-refractivity contribution in [2.75, 3.05) is 19.7 Å². The molecule has 6 heteroatoms. The zero-order valence-corrected chi connectivity index (χ0v) is 14.8. The minimum atomic E-state index is 0.0504. The largest absolute Gasteiger partial charge is 0.492 e. The predicted molar refractivity (Wildman–Crippen MR) is 96.3 cm³/mol. The maximum absolute atomic E-state index is 12.2. The third-order valence-electron chi connectivity index (χ3n) is 4.67. The summed E-state index contributed by atoms with van der Waals surface area (Å²) in [6, 6.07) is 8.99. The number of carbonyl (C=O) groups is 1. The molecule has 1 aromatic carbocycles. The molecule has 3 N–H and O–H groups in total. The summed E-state index contributed by atoms with van der Waals surface area (Å²) >= 11 is 0. The average molecular weight is 341 g/mol. The highest BCUT2D eigenvalue weighted by atomic mass is 16.5. The zero-order chi connectivity index (χ0) is 17.6. The zero-order valence-electron chi connectivity index (χ0n) is 14.8. The van der Waals surface area contributed by atoms with E-state index in [0.717, 1.165) is 42.0 Å². The second kappa shape index (κ2) is 8.16. The van der Waals surface area contributed by atoms with Crippen molar-refractivity contribution >= 4 is 5.91 Å². The monoisotopic (exact) mass is 341 g/mol. The summed E-state index contributed by atoms with van der Waals surface area (Å²) in [5.41, 5.74) is 2.98. The number of nitrogens with zero attached hydrogens (tertiary/aromatic N) is 1. The summed E-state index contributed by atoms with van der Waals surface area (Å²) in [5, 5.41) is 13.3. The van der Waals surface area contributed by atoms with Gasteiger partial charge in [0.2, 0.25) is 5.91 Å². The Balaban J connectivity index is 1.48. The van der Waals surface area contributed by atoms with Gasteiger partial charge in [-0.25, -0.2) is 0 Å². The van der Waals surface area contributed by atoms with Crippen LogP contribution in [0.25, 0.3) is 11.1 Å². The van der Waals surface area contributed by atoms with Crippen molar-refractivity contribution in [3.63, 3.8) is 0 Å². The second-order valence-corrected chi connectivity index (χ2v) is 6.47. The first-order chi connectivity index (χ1) is 12.1. The van der Waals surface area contributed by atoms with E-state index in [2.05, 4.69) is 33.8 Å². The van der Waals surface area contributed by atoms with Gasteiger partial charge in [0, 0.05) is 17.8 Å². The van der Waals surface area contributed by atoms with Crippen LogP contribution in [0, 0.1) is 18.9 Å². The molecular weight excluding hydrogens is 316 g/mol. The van der Waals surface area contributed by atoms with Gasteiger partial charge in [-0.3, -0.25) is 9.89 Å². The fourth-order valence-corrected chi connectivity index (χ4v) is 3.22. The Hall–Kier alpha value is -2.34. The topological polar surface area (TPSA) is 79.0 Å². The number of H-pyrrole nitrogens is 1. The summed E-state index contributed by atoms with van der Waals surface area (Å²) in [4.78, 5) is 12.2. The lowest BCUT2D eigenvalue weighted by Gasteiger charge is -2.28. The van der Waals surface area contributed by atoms with E-state index in [0.29, 0.717) is 13.2 Å². The number of aryl methyl sites for hydroxylation is 1. The van der Waals surface area contributed by atoms with Gasteiger partial charge in [0.15, 0.2) is 0 Å². The molecule has 3 rings (SSSR count). The van der Waals surface area contributed by atoms with Crippen LogP contribution in [0.2, 0.25) is 0 Å². The lowest BCUT2D eigenvalue weighted by atomic mass is 9.91. The van der Waals surface area contributed by atoms with Gasteiger partial charge in [-0.1, -0.05) is 0 Å². The van der Waals surface area contributed by atoms with Crippen molar-refractivity contribution in [3.8, 4) is 16.9 Å². The van der Waals surface area contributed by atoms with E-state index in [1.165, 1.54) is 0 Å². The highest BCUT2D eigenvalue weighted by molar-refractivity contribution is 5.79. The Kier molecular flexibility index (Phi) is 5.71. The molecule has 133 valence electrons. The highest BCUT2D eigenvalue weighted by Crippen LogP contribution is 2.25. The summed E-state index contributed by atoms with van der Waals surface area (Å²) < 4.78 is 5.76. The number of rotatable bonds is 6. The first-order valence-electron chi connectivity index (χ1n) is 8.81. The molecule has 1 radical (unpaired) electrons. The van der Waals surface area contributed by atoms with Gasteiger partial charge in [0.05, 0.1) is 18.2 Å². The second-order valence-electron chi connectivity index (χ2n) is 6.47. The molecule has 1 aliphatic rings. The van der Waals surface area contributed by atoms with Crippen molar-refractivity contribution in [2.24, 2.45) is 5.92 Å². The standard InChI is InChI=1S/C19H25N4O2/c1-13-17(7-4-8-20-13)19(24)21-9-10-25-16-6-3-5-15(11-16)18-12-22-23-14(18)2/h5-6,11-13,17,20H,4,7-10H2,1-2H3,(H,21,24)(H,22,23)/t13-,17+/m0/s1. The van der Waals surface area contributed by atoms with Crippen molar-refractivity contribution in [3.05, 3.63) is 36.2 Å². The Morgan fingerprint density at radius 3 is 3.12 bits per heavy atom. The van der Waals surface area contributed by atoms with Crippen LogP contribution in [0.1, 0.15) is 25.5 Å².